The third-order valence-corrected chi connectivity index (χ3v) is 2.19. The maximum absolute atomic E-state index is 5.60. The van der Waals surface area contributed by atoms with Crippen molar-refractivity contribution in [3.05, 3.63) is 18.5 Å². The van der Waals surface area contributed by atoms with Crippen LogP contribution in [0.25, 0.3) is 0 Å². The Labute approximate surface area is 71.2 Å². The molecule has 4 nitrogen and oxygen atoms in total. The van der Waals surface area contributed by atoms with Gasteiger partial charge in [-0.2, -0.15) is 0 Å². The van der Waals surface area contributed by atoms with E-state index >= 15 is 0 Å². The first-order valence-electron chi connectivity index (χ1n) is 4.10. The van der Waals surface area contributed by atoms with Crippen molar-refractivity contribution in [1.29, 1.82) is 0 Å². The molecule has 12 heavy (non-hydrogen) atoms. The van der Waals surface area contributed by atoms with Gasteiger partial charge in [-0.05, 0) is 18.9 Å². The fourth-order valence-electron chi connectivity index (χ4n) is 1.13. The van der Waals surface area contributed by atoms with E-state index in [1.807, 2.05) is 0 Å². The van der Waals surface area contributed by atoms with Gasteiger partial charge in [-0.3, -0.25) is 0 Å². The minimum absolute atomic E-state index is 0.0986. The number of anilines is 1. The van der Waals surface area contributed by atoms with Crippen molar-refractivity contribution in [3.8, 4) is 0 Å². The topological polar surface area (TPSA) is 63.8 Å². The van der Waals surface area contributed by atoms with Gasteiger partial charge in [-0.25, -0.2) is 9.97 Å². The van der Waals surface area contributed by atoms with Gasteiger partial charge in [0.2, 0.25) is 5.95 Å². The highest BCUT2D eigenvalue weighted by molar-refractivity contribution is 5.32. The van der Waals surface area contributed by atoms with Crippen LogP contribution in [0.1, 0.15) is 12.8 Å². The highest BCUT2D eigenvalue weighted by Gasteiger charge is 2.41. The Bertz CT molecular complexity index is 255. The molecule has 64 valence electrons. The number of hydrogen-bond acceptors (Lipinski definition) is 4. The Hall–Kier alpha value is -1.16. The first-order valence-corrected chi connectivity index (χ1v) is 4.10. The maximum Gasteiger partial charge on any atom is 0.223 e. The Morgan fingerprint density at radius 1 is 1.42 bits per heavy atom. The van der Waals surface area contributed by atoms with Crippen LogP contribution in [0.4, 0.5) is 5.95 Å². The molecule has 1 fully saturated rings. The summed E-state index contributed by atoms with van der Waals surface area (Å²) in [7, 11) is 0. The van der Waals surface area contributed by atoms with Crippen molar-refractivity contribution in [1.82, 2.24) is 9.97 Å². The standard InChI is InChI=1S/C8H12N4/c9-6-8(2-3-8)12-7-10-4-1-5-11-7/h1,4-5H,2-3,6,9H2,(H,10,11,12). The summed E-state index contributed by atoms with van der Waals surface area (Å²) in [5.74, 6) is 0.681. The number of rotatable bonds is 3. The van der Waals surface area contributed by atoms with E-state index in [0.29, 0.717) is 12.5 Å². The molecular weight excluding hydrogens is 152 g/mol. The molecule has 0 amide bonds. The van der Waals surface area contributed by atoms with Crippen LogP contribution in [-0.4, -0.2) is 22.1 Å². The normalized spacial score (nSPS) is 18.8. The van der Waals surface area contributed by atoms with Crippen LogP contribution in [0.15, 0.2) is 18.5 Å². The highest BCUT2D eigenvalue weighted by atomic mass is 15.2. The molecular formula is C8H12N4. The van der Waals surface area contributed by atoms with Crippen LogP contribution in [-0.2, 0) is 0 Å². The van der Waals surface area contributed by atoms with Crippen molar-refractivity contribution in [2.45, 2.75) is 18.4 Å². The van der Waals surface area contributed by atoms with Gasteiger partial charge in [0.05, 0.1) is 5.54 Å². The fourth-order valence-corrected chi connectivity index (χ4v) is 1.13. The summed E-state index contributed by atoms with van der Waals surface area (Å²) in [6, 6.07) is 1.80. The Kier molecular flexibility index (Phi) is 1.69. The van der Waals surface area contributed by atoms with Gasteiger partial charge in [0, 0.05) is 18.9 Å². The molecule has 0 bridgehead atoms. The van der Waals surface area contributed by atoms with Gasteiger partial charge in [-0.15, -0.1) is 0 Å². The lowest BCUT2D eigenvalue weighted by Crippen LogP contribution is -2.31. The summed E-state index contributed by atoms with van der Waals surface area (Å²) in [5, 5.41) is 3.23. The minimum Gasteiger partial charge on any atom is -0.348 e. The largest absolute Gasteiger partial charge is 0.348 e. The molecule has 1 aromatic rings. The zero-order valence-corrected chi connectivity index (χ0v) is 6.83. The second-order valence-electron chi connectivity index (χ2n) is 3.18. The molecule has 1 aliphatic carbocycles. The number of nitrogens with zero attached hydrogens (tertiary/aromatic N) is 2. The number of nitrogens with one attached hydrogen (secondary N) is 1. The van der Waals surface area contributed by atoms with E-state index in [1.165, 1.54) is 0 Å². The quantitative estimate of drug-likeness (QED) is 0.678. The molecule has 1 saturated carbocycles. The molecule has 0 spiro atoms. The smallest absolute Gasteiger partial charge is 0.223 e. The zero-order valence-electron chi connectivity index (χ0n) is 6.83. The monoisotopic (exact) mass is 164 g/mol. The summed E-state index contributed by atoms with van der Waals surface area (Å²) in [6.07, 6.45) is 5.70. The molecule has 3 N–H and O–H groups in total. The third kappa shape index (κ3) is 1.38. The van der Waals surface area contributed by atoms with Gasteiger partial charge in [-0.1, -0.05) is 0 Å². The van der Waals surface area contributed by atoms with Crippen molar-refractivity contribution >= 4 is 5.95 Å². The molecule has 0 atom stereocenters. The predicted molar refractivity (Wildman–Crippen MR) is 46.7 cm³/mol. The lowest BCUT2D eigenvalue weighted by atomic mass is 10.3. The van der Waals surface area contributed by atoms with Crippen LogP contribution < -0.4 is 11.1 Å². The highest BCUT2D eigenvalue weighted by Crippen LogP contribution is 2.36. The van der Waals surface area contributed by atoms with Crippen molar-refractivity contribution in [2.75, 3.05) is 11.9 Å². The van der Waals surface area contributed by atoms with Gasteiger partial charge >= 0.3 is 0 Å². The number of hydrogen-bond donors (Lipinski definition) is 2. The van der Waals surface area contributed by atoms with E-state index in [-0.39, 0.29) is 5.54 Å². The summed E-state index contributed by atoms with van der Waals surface area (Å²) in [6.45, 7) is 0.658. The van der Waals surface area contributed by atoms with Crippen LogP contribution in [0.2, 0.25) is 0 Å². The lowest BCUT2D eigenvalue weighted by Gasteiger charge is -2.13. The maximum atomic E-state index is 5.60. The molecule has 0 aliphatic heterocycles. The zero-order chi connectivity index (χ0) is 8.44. The first kappa shape index (κ1) is 7.49. The molecule has 1 heterocycles. The van der Waals surface area contributed by atoms with Crippen LogP contribution in [0.3, 0.4) is 0 Å². The third-order valence-electron chi connectivity index (χ3n) is 2.19. The second kappa shape index (κ2) is 2.71. The molecule has 2 rings (SSSR count). The molecule has 1 aliphatic rings. The van der Waals surface area contributed by atoms with Gasteiger partial charge in [0.25, 0.3) is 0 Å². The summed E-state index contributed by atoms with van der Waals surface area (Å²) in [5.41, 5.74) is 5.70. The Morgan fingerprint density at radius 3 is 2.58 bits per heavy atom. The van der Waals surface area contributed by atoms with Crippen molar-refractivity contribution in [2.24, 2.45) is 5.73 Å². The van der Waals surface area contributed by atoms with Crippen LogP contribution >= 0.6 is 0 Å². The van der Waals surface area contributed by atoms with Gasteiger partial charge in [0.15, 0.2) is 0 Å². The predicted octanol–water partition coefficient (Wildman–Crippen LogP) is 0.380. The summed E-state index contributed by atoms with van der Waals surface area (Å²) in [4.78, 5) is 8.15. The van der Waals surface area contributed by atoms with E-state index in [4.69, 9.17) is 5.73 Å². The molecule has 1 aromatic heterocycles. The summed E-state index contributed by atoms with van der Waals surface area (Å²) < 4.78 is 0. The van der Waals surface area contributed by atoms with E-state index in [2.05, 4.69) is 15.3 Å². The molecule has 0 unspecified atom stereocenters. The lowest BCUT2D eigenvalue weighted by molar-refractivity contribution is 0.730. The second-order valence-corrected chi connectivity index (χ2v) is 3.18. The van der Waals surface area contributed by atoms with Gasteiger partial charge < -0.3 is 11.1 Å². The van der Waals surface area contributed by atoms with Crippen LogP contribution in [0.5, 0.6) is 0 Å². The number of aromatic nitrogens is 2. The SMILES string of the molecule is NCC1(Nc2ncccn2)CC1. The first-order chi connectivity index (χ1) is 5.85. The average molecular weight is 164 g/mol. The number of nitrogens with two attached hydrogens (primary N) is 1. The fraction of sp³-hybridized carbons (Fsp3) is 0.500. The summed E-state index contributed by atoms with van der Waals surface area (Å²) >= 11 is 0. The van der Waals surface area contributed by atoms with E-state index in [0.717, 1.165) is 12.8 Å². The molecule has 4 heteroatoms. The van der Waals surface area contributed by atoms with E-state index < -0.39 is 0 Å². The van der Waals surface area contributed by atoms with E-state index in [1.54, 1.807) is 18.5 Å². The average Bonchev–Trinajstić information content (AvgIpc) is 2.88. The molecule has 0 radical (unpaired) electrons. The van der Waals surface area contributed by atoms with Crippen molar-refractivity contribution in [3.63, 3.8) is 0 Å². The van der Waals surface area contributed by atoms with Crippen LogP contribution in [0, 0.1) is 0 Å². The minimum atomic E-state index is 0.0986. The van der Waals surface area contributed by atoms with E-state index in [9.17, 15) is 0 Å². The Morgan fingerprint density at radius 2 is 2.08 bits per heavy atom. The Balaban J connectivity index is 2.04. The van der Waals surface area contributed by atoms with Gasteiger partial charge in [0.1, 0.15) is 0 Å². The molecule has 0 saturated heterocycles. The van der Waals surface area contributed by atoms with Crippen molar-refractivity contribution < 1.29 is 0 Å². The molecule has 0 aromatic carbocycles.